The molecule has 52 valence electrons. The first-order chi connectivity index (χ1) is 1.91. The zero-order chi connectivity index (χ0) is 3.41. The third-order valence-corrected chi connectivity index (χ3v) is 0.177. The average molecular weight is 194 g/mol. The SMILES string of the molecule is [CH2-]CC[NH-].[CH3-].[CH3-].[Pd]. The van der Waals surface area contributed by atoms with Gasteiger partial charge in [-0.15, -0.1) is 0 Å². The summed E-state index contributed by atoms with van der Waals surface area (Å²) in [4.78, 5) is 0. The summed E-state index contributed by atoms with van der Waals surface area (Å²) >= 11 is 0. The standard InChI is InChI=1S/C3H7N.2CH3.Pd/c1-2-3-4;;;/h4H,1-3H2;2*1H3;/q-2;2*-1;. The molecule has 2 heteroatoms. The molecule has 0 saturated carbocycles. The normalized spacial score (nSPS) is 4.29. The van der Waals surface area contributed by atoms with E-state index in [-0.39, 0.29) is 35.3 Å². The minimum atomic E-state index is 0. The zero-order valence-corrected chi connectivity index (χ0v) is 6.49. The van der Waals surface area contributed by atoms with Gasteiger partial charge in [-0.2, -0.15) is 6.54 Å². The second kappa shape index (κ2) is 30.4. The molecular weight excluding hydrogens is 180 g/mol. The van der Waals surface area contributed by atoms with Crippen molar-refractivity contribution in [3.8, 4) is 0 Å². The number of hydrogen-bond acceptors (Lipinski definition) is 0. The van der Waals surface area contributed by atoms with Crippen molar-refractivity contribution in [2.24, 2.45) is 0 Å². The monoisotopic (exact) mass is 193 g/mol. The van der Waals surface area contributed by atoms with Gasteiger partial charge in [0.2, 0.25) is 0 Å². The molecule has 0 saturated heterocycles. The molecule has 0 radical (unpaired) electrons. The summed E-state index contributed by atoms with van der Waals surface area (Å²) in [5.74, 6) is 0. The molecule has 1 N–H and O–H groups in total. The maximum Gasteiger partial charge on any atom is 0 e. The maximum atomic E-state index is 6.39. The van der Waals surface area contributed by atoms with E-state index in [4.69, 9.17) is 5.73 Å². The second-order valence-electron chi connectivity index (χ2n) is 0.604. The van der Waals surface area contributed by atoms with Crippen molar-refractivity contribution in [3.05, 3.63) is 27.5 Å². The topological polar surface area (TPSA) is 23.8 Å². The predicted molar refractivity (Wildman–Crippen MR) is 32.0 cm³/mol. The zero-order valence-electron chi connectivity index (χ0n) is 4.94. The molecule has 0 amide bonds. The minimum Gasteiger partial charge on any atom is -0.679 e. The summed E-state index contributed by atoms with van der Waals surface area (Å²) in [6, 6.07) is 0. The molecule has 0 aromatic rings. The van der Waals surface area contributed by atoms with E-state index < -0.39 is 0 Å². The van der Waals surface area contributed by atoms with Crippen LogP contribution in [0.4, 0.5) is 0 Å². The summed E-state index contributed by atoms with van der Waals surface area (Å²) in [5, 5.41) is 0. The first-order valence-corrected chi connectivity index (χ1v) is 1.35. The van der Waals surface area contributed by atoms with Gasteiger partial charge in [-0.3, -0.25) is 0 Å². The molecule has 0 aliphatic carbocycles. The van der Waals surface area contributed by atoms with Crippen LogP contribution in [-0.2, 0) is 20.4 Å². The van der Waals surface area contributed by atoms with Gasteiger partial charge in [0, 0.05) is 20.4 Å². The van der Waals surface area contributed by atoms with E-state index in [1.54, 1.807) is 0 Å². The van der Waals surface area contributed by atoms with Gasteiger partial charge >= 0.3 is 0 Å². The van der Waals surface area contributed by atoms with Crippen LogP contribution in [0, 0.1) is 21.8 Å². The molecule has 0 aliphatic heterocycles. The van der Waals surface area contributed by atoms with E-state index in [1.807, 2.05) is 0 Å². The van der Waals surface area contributed by atoms with E-state index in [1.165, 1.54) is 0 Å². The Bertz CT molecular complexity index is 10.0. The summed E-state index contributed by atoms with van der Waals surface area (Å²) < 4.78 is 0. The molecule has 0 aromatic heterocycles. The van der Waals surface area contributed by atoms with E-state index >= 15 is 0 Å². The molecule has 7 heavy (non-hydrogen) atoms. The van der Waals surface area contributed by atoms with Crippen LogP contribution in [0.25, 0.3) is 5.73 Å². The second-order valence-corrected chi connectivity index (χ2v) is 0.604. The maximum absolute atomic E-state index is 6.39. The molecule has 0 atom stereocenters. The first-order valence-electron chi connectivity index (χ1n) is 1.35. The van der Waals surface area contributed by atoms with Crippen LogP contribution in [0.15, 0.2) is 0 Å². The van der Waals surface area contributed by atoms with Gasteiger partial charge in [0.15, 0.2) is 0 Å². The van der Waals surface area contributed by atoms with Crippen LogP contribution in [0.5, 0.6) is 0 Å². The Kier molecular flexibility index (Phi) is 111. The summed E-state index contributed by atoms with van der Waals surface area (Å²) in [7, 11) is 0. The fourth-order valence-electron chi connectivity index (χ4n) is 0. The third-order valence-electron chi connectivity index (χ3n) is 0.177. The fourth-order valence-corrected chi connectivity index (χ4v) is 0. The summed E-state index contributed by atoms with van der Waals surface area (Å²) in [6.07, 6.45) is 0.736. The van der Waals surface area contributed by atoms with E-state index in [9.17, 15) is 0 Å². The quantitative estimate of drug-likeness (QED) is 0.450. The van der Waals surface area contributed by atoms with Crippen molar-refractivity contribution in [1.82, 2.24) is 0 Å². The smallest absolute Gasteiger partial charge is 0 e. The van der Waals surface area contributed by atoms with Gasteiger partial charge in [-0.25, -0.2) is 6.42 Å². The molecule has 0 spiro atoms. The van der Waals surface area contributed by atoms with Crippen LogP contribution in [0.1, 0.15) is 6.42 Å². The Morgan fingerprint density at radius 2 is 1.43 bits per heavy atom. The molecule has 0 aliphatic rings. The van der Waals surface area contributed by atoms with E-state index in [0.29, 0.717) is 6.54 Å². The van der Waals surface area contributed by atoms with Gasteiger partial charge < -0.3 is 27.5 Å². The third kappa shape index (κ3) is 53.8. The Hall–Kier alpha value is 0.622. The number of hydrogen-bond donors (Lipinski definition) is 0. The van der Waals surface area contributed by atoms with Crippen LogP contribution in [0.2, 0.25) is 0 Å². The van der Waals surface area contributed by atoms with E-state index in [0.717, 1.165) is 6.42 Å². The number of rotatable bonds is 1. The van der Waals surface area contributed by atoms with Crippen LogP contribution < -0.4 is 0 Å². The molecule has 0 heterocycles. The fraction of sp³-hybridized carbons (Fsp3) is 0.400. The molecule has 0 rings (SSSR count). The molecule has 0 fully saturated rings. The van der Waals surface area contributed by atoms with E-state index in [2.05, 4.69) is 6.92 Å². The summed E-state index contributed by atoms with van der Waals surface area (Å²) in [5.41, 5.74) is 6.39. The van der Waals surface area contributed by atoms with Crippen molar-refractivity contribution in [2.45, 2.75) is 6.42 Å². The van der Waals surface area contributed by atoms with Gasteiger partial charge in [0.1, 0.15) is 0 Å². The van der Waals surface area contributed by atoms with Crippen molar-refractivity contribution in [1.29, 1.82) is 0 Å². The Labute approximate surface area is 61.3 Å². The number of nitrogens with one attached hydrogen (secondary N) is 1. The molecule has 0 aromatic carbocycles. The predicted octanol–water partition coefficient (Wildman–Crippen LogP) is 2.16. The summed E-state index contributed by atoms with van der Waals surface area (Å²) in [6.45, 7) is 3.88. The Balaban J connectivity index is -0.0000000150. The van der Waals surface area contributed by atoms with Crippen molar-refractivity contribution >= 4 is 0 Å². The molecular formula is C5H13NPd-4. The largest absolute Gasteiger partial charge is 0.679 e. The van der Waals surface area contributed by atoms with Crippen LogP contribution >= 0.6 is 0 Å². The average Bonchev–Trinajstić information content (AvgIpc) is 1.37. The van der Waals surface area contributed by atoms with Gasteiger partial charge in [0.25, 0.3) is 0 Å². The van der Waals surface area contributed by atoms with Crippen molar-refractivity contribution in [2.75, 3.05) is 6.54 Å². The van der Waals surface area contributed by atoms with Gasteiger partial charge in [-0.1, -0.05) is 0 Å². The first kappa shape index (κ1) is 25.5. The van der Waals surface area contributed by atoms with Gasteiger partial charge in [-0.05, 0) is 0 Å². The minimum absolute atomic E-state index is 0. The molecule has 0 bridgehead atoms. The van der Waals surface area contributed by atoms with Crippen molar-refractivity contribution < 1.29 is 20.4 Å². The molecule has 1 nitrogen and oxygen atoms in total. The van der Waals surface area contributed by atoms with Gasteiger partial charge in [0.05, 0.1) is 0 Å². The molecule has 0 unspecified atom stereocenters. The van der Waals surface area contributed by atoms with Crippen molar-refractivity contribution in [3.63, 3.8) is 0 Å². The van der Waals surface area contributed by atoms with Crippen LogP contribution in [-0.4, -0.2) is 6.54 Å². The Morgan fingerprint density at radius 3 is 1.43 bits per heavy atom. The Morgan fingerprint density at radius 1 is 1.29 bits per heavy atom. The van der Waals surface area contributed by atoms with Crippen LogP contribution in [0.3, 0.4) is 0 Å².